The topological polar surface area (TPSA) is 54.5 Å². The van der Waals surface area contributed by atoms with E-state index in [2.05, 4.69) is 13.8 Å². The van der Waals surface area contributed by atoms with Crippen molar-refractivity contribution in [3.05, 3.63) is 29.8 Å². The number of hydrogen-bond donors (Lipinski definition) is 0. The Balaban J connectivity index is 3.16. The molecule has 0 aliphatic heterocycles. The highest BCUT2D eigenvalue weighted by molar-refractivity contribution is 7.91. The molecule has 0 unspecified atom stereocenters. The van der Waals surface area contributed by atoms with Gasteiger partial charge in [0.05, 0.1) is 16.2 Å². The molecule has 4 nitrogen and oxygen atoms in total. The van der Waals surface area contributed by atoms with Crippen LogP contribution in [0.3, 0.4) is 0 Å². The van der Waals surface area contributed by atoms with Crippen LogP contribution in [0.1, 0.15) is 50.9 Å². The van der Waals surface area contributed by atoms with E-state index in [1.807, 2.05) is 6.92 Å². The zero-order chi connectivity index (χ0) is 16.8. The molecule has 0 spiro atoms. The number of sulfone groups is 1. The van der Waals surface area contributed by atoms with E-state index < -0.39 is 9.84 Å². The van der Waals surface area contributed by atoms with Crippen LogP contribution in [-0.4, -0.2) is 38.1 Å². The number of rotatable bonds is 8. The second kappa shape index (κ2) is 8.32. The van der Waals surface area contributed by atoms with Crippen molar-refractivity contribution in [2.24, 2.45) is 5.92 Å². The first kappa shape index (κ1) is 18.7. The van der Waals surface area contributed by atoms with E-state index in [9.17, 15) is 13.2 Å². The van der Waals surface area contributed by atoms with Gasteiger partial charge in [-0.15, -0.1) is 0 Å². The third-order valence-electron chi connectivity index (χ3n) is 4.13. The maximum absolute atomic E-state index is 12.8. The van der Waals surface area contributed by atoms with E-state index in [-0.39, 0.29) is 22.1 Å². The quantitative estimate of drug-likeness (QED) is 0.736. The van der Waals surface area contributed by atoms with Gasteiger partial charge in [0.2, 0.25) is 0 Å². The second-order valence-electron chi connectivity index (χ2n) is 5.43. The van der Waals surface area contributed by atoms with Crippen molar-refractivity contribution >= 4 is 15.7 Å². The van der Waals surface area contributed by atoms with Gasteiger partial charge in [0.1, 0.15) is 0 Å². The first-order valence-corrected chi connectivity index (χ1v) is 9.67. The third kappa shape index (κ3) is 4.32. The molecule has 124 valence electrons. The van der Waals surface area contributed by atoms with Crippen LogP contribution >= 0.6 is 0 Å². The average molecular weight is 325 g/mol. The van der Waals surface area contributed by atoms with Gasteiger partial charge < -0.3 is 4.90 Å². The average Bonchev–Trinajstić information content (AvgIpc) is 2.55. The number of amides is 1. The largest absolute Gasteiger partial charge is 0.339 e. The second-order valence-corrected chi connectivity index (χ2v) is 7.67. The Morgan fingerprint density at radius 2 is 1.68 bits per heavy atom. The van der Waals surface area contributed by atoms with Crippen LogP contribution in [0.15, 0.2) is 29.2 Å². The summed E-state index contributed by atoms with van der Waals surface area (Å²) in [7, 11) is -3.40. The molecule has 0 fully saturated rings. The Hall–Kier alpha value is -1.36. The molecule has 5 heteroatoms. The minimum absolute atomic E-state index is 0.00400. The molecule has 0 saturated heterocycles. The predicted octanol–water partition coefficient (Wildman–Crippen LogP) is 3.38. The van der Waals surface area contributed by atoms with Gasteiger partial charge in [0.25, 0.3) is 5.91 Å². The van der Waals surface area contributed by atoms with Crippen LogP contribution < -0.4 is 0 Å². The molecule has 1 amide bonds. The lowest BCUT2D eigenvalue weighted by molar-refractivity contribution is 0.0731. The van der Waals surface area contributed by atoms with Gasteiger partial charge in [-0.3, -0.25) is 4.79 Å². The molecule has 0 atom stereocenters. The fourth-order valence-corrected chi connectivity index (χ4v) is 3.54. The maximum atomic E-state index is 12.8. The van der Waals surface area contributed by atoms with E-state index >= 15 is 0 Å². The number of nitrogens with zero attached hydrogens (tertiary/aromatic N) is 1. The summed E-state index contributed by atoms with van der Waals surface area (Å²) in [6, 6.07) is 6.51. The summed E-state index contributed by atoms with van der Waals surface area (Å²) in [4.78, 5) is 14.7. The fraction of sp³-hybridized carbons (Fsp3) is 0.588. The van der Waals surface area contributed by atoms with Crippen molar-refractivity contribution < 1.29 is 13.2 Å². The lowest BCUT2D eigenvalue weighted by atomic mass is 10.0. The SMILES string of the molecule is CCC(CC)CN(CC)C(=O)c1ccccc1S(=O)(=O)CC. The number of carbonyl (C=O) groups is 1. The monoisotopic (exact) mass is 325 g/mol. The molecular formula is C17H27NO3S. The van der Waals surface area contributed by atoms with E-state index in [1.165, 1.54) is 6.07 Å². The van der Waals surface area contributed by atoms with Crippen LogP contribution in [0.5, 0.6) is 0 Å². The Kier molecular flexibility index (Phi) is 7.07. The van der Waals surface area contributed by atoms with Gasteiger partial charge in [-0.1, -0.05) is 45.7 Å². The summed E-state index contributed by atoms with van der Waals surface area (Å²) >= 11 is 0. The zero-order valence-electron chi connectivity index (χ0n) is 14.0. The molecule has 0 aromatic heterocycles. The minimum atomic E-state index is -3.40. The number of carbonyl (C=O) groups excluding carboxylic acids is 1. The Bertz CT molecular complexity index is 592. The Morgan fingerprint density at radius 3 is 2.18 bits per heavy atom. The van der Waals surface area contributed by atoms with Crippen molar-refractivity contribution in [2.75, 3.05) is 18.8 Å². The summed E-state index contributed by atoms with van der Waals surface area (Å²) < 4.78 is 24.4. The molecule has 0 heterocycles. The van der Waals surface area contributed by atoms with Gasteiger partial charge in [0.15, 0.2) is 9.84 Å². The summed E-state index contributed by atoms with van der Waals surface area (Å²) in [6.45, 7) is 9.00. The van der Waals surface area contributed by atoms with Crippen LogP contribution in [0.4, 0.5) is 0 Å². The molecular weight excluding hydrogens is 298 g/mol. The molecule has 1 aromatic carbocycles. The molecule has 22 heavy (non-hydrogen) atoms. The van der Waals surface area contributed by atoms with Crippen LogP contribution in [0, 0.1) is 5.92 Å². The van der Waals surface area contributed by atoms with Crippen molar-refractivity contribution in [1.82, 2.24) is 4.90 Å². The van der Waals surface area contributed by atoms with E-state index in [1.54, 1.807) is 30.0 Å². The van der Waals surface area contributed by atoms with Crippen molar-refractivity contribution in [3.8, 4) is 0 Å². The first-order valence-electron chi connectivity index (χ1n) is 8.02. The normalized spacial score (nSPS) is 11.7. The number of benzene rings is 1. The fourth-order valence-electron chi connectivity index (χ4n) is 2.45. The summed E-state index contributed by atoms with van der Waals surface area (Å²) in [5.74, 6) is 0.247. The Morgan fingerprint density at radius 1 is 1.09 bits per heavy atom. The summed E-state index contributed by atoms with van der Waals surface area (Å²) in [5.41, 5.74) is 0.289. The Labute approximate surface area is 134 Å². The van der Waals surface area contributed by atoms with Gasteiger partial charge in [-0.05, 0) is 25.0 Å². The molecule has 1 aromatic rings. The molecule has 0 radical (unpaired) electrons. The molecule has 0 aliphatic carbocycles. The third-order valence-corrected chi connectivity index (χ3v) is 5.92. The smallest absolute Gasteiger partial charge is 0.255 e. The van der Waals surface area contributed by atoms with Crippen molar-refractivity contribution in [2.45, 2.75) is 45.4 Å². The van der Waals surface area contributed by atoms with Gasteiger partial charge >= 0.3 is 0 Å². The van der Waals surface area contributed by atoms with Crippen LogP contribution in [0.25, 0.3) is 0 Å². The molecule has 0 saturated carbocycles. The predicted molar refractivity (Wildman–Crippen MR) is 89.8 cm³/mol. The zero-order valence-corrected chi connectivity index (χ0v) is 14.8. The molecule has 0 aliphatic rings. The first-order chi connectivity index (χ1) is 10.4. The molecule has 0 N–H and O–H groups in total. The van der Waals surface area contributed by atoms with E-state index in [0.717, 1.165) is 12.8 Å². The molecule has 1 rings (SSSR count). The minimum Gasteiger partial charge on any atom is -0.339 e. The van der Waals surface area contributed by atoms with Crippen molar-refractivity contribution in [3.63, 3.8) is 0 Å². The lowest BCUT2D eigenvalue weighted by Gasteiger charge is -2.26. The lowest BCUT2D eigenvalue weighted by Crippen LogP contribution is -2.35. The van der Waals surface area contributed by atoms with E-state index in [4.69, 9.17) is 0 Å². The summed E-state index contributed by atoms with van der Waals surface area (Å²) in [5, 5.41) is 0. The van der Waals surface area contributed by atoms with Gasteiger partial charge in [-0.25, -0.2) is 8.42 Å². The van der Waals surface area contributed by atoms with Gasteiger partial charge in [0, 0.05) is 13.1 Å². The van der Waals surface area contributed by atoms with Crippen molar-refractivity contribution in [1.29, 1.82) is 0 Å². The maximum Gasteiger partial charge on any atom is 0.255 e. The van der Waals surface area contributed by atoms with Crippen LogP contribution in [-0.2, 0) is 9.84 Å². The highest BCUT2D eigenvalue weighted by Crippen LogP contribution is 2.20. The highest BCUT2D eigenvalue weighted by atomic mass is 32.2. The molecule has 0 bridgehead atoms. The standard InChI is InChI=1S/C17H27NO3S/c1-5-14(6-2)13-18(7-3)17(19)15-11-9-10-12-16(15)22(20,21)8-4/h9-12,14H,5-8,13H2,1-4H3. The van der Waals surface area contributed by atoms with E-state index in [0.29, 0.717) is 19.0 Å². The highest BCUT2D eigenvalue weighted by Gasteiger charge is 2.24. The number of hydrogen-bond acceptors (Lipinski definition) is 3. The van der Waals surface area contributed by atoms with Gasteiger partial charge in [-0.2, -0.15) is 0 Å². The van der Waals surface area contributed by atoms with Crippen LogP contribution in [0.2, 0.25) is 0 Å². The summed E-state index contributed by atoms with van der Waals surface area (Å²) in [6.07, 6.45) is 2.02.